The molecule has 0 aromatic heterocycles. The minimum Gasteiger partial charge on any atom is -0.479 e. The number of ether oxygens (including phenoxy) is 5. The number of hydrogen-bond acceptors (Lipinski definition) is 11. The number of carbonyl (C=O) groups excluding carboxylic acids is 3. The lowest BCUT2D eigenvalue weighted by atomic mass is 9.98. The van der Waals surface area contributed by atoms with Gasteiger partial charge in [-0.1, -0.05) is 253 Å². The third-order valence-electron chi connectivity index (χ3n) is 14.2. The Morgan fingerprint density at radius 3 is 1.22 bits per heavy atom. The summed E-state index contributed by atoms with van der Waals surface area (Å²) in [6.07, 6.45) is 62.3. The number of aliphatic hydroxyl groups excluding tert-OH is 2. The Kier molecular flexibility index (Phi) is 51.7. The Morgan fingerprint density at radius 2 is 0.790 bits per heavy atom. The molecule has 0 aromatic carbocycles. The van der Waals surface area contributed by atoms with Gasteiger partial charge < -0.3 is 39.0 Å². The molecule has 0 saturated carbocycles. The van der Waals surface area contributed by atoms with Crippen molar-refractivity contribution in [3.63, 3.8) is 0 Å². The average molecular weight is 1140 g/mol. The summed E-state index contributed by atoms with van der Waals surface area (Å²) in [6.45, 7) is 5.76. The molecule has 1 aliphatic rings. The standard InChI is InChI=1S/C69H114O12/c1-4-7-10-13-16-19-22-25-28-31-34-37-40-43-46-49-52-55-61(70)77-58-60(79-62(71)56-53-50-47-44-41-38-35-32-29-26-23-20-17-14-11-8-5-2)59-78-69-67(65(74)64(73)66(81-69)68(75)76)80-63(72)57-54-51-48-45-42-39-36-33-30-27-24-21-18-15-12-9-6-3/h7,9-10,12,16,18-19,21,25,27-28,30,36,39,45,48,60,64-67,69,73-74H,4-6,8,11,13-15,17,20,22-24,26,29,31-35,37-38,40-44,46-47,49-59H2,1-3H3,(H,75,76)/b10-7-,12-9-,19-16-,21-18-,28-25-,30-27-,39-36-,48-45-. The van der Waals surface area contributed by atoms with Crippen molar-refractivity contribution in [3.8, 4) is 0 Å². The number of allylic oxidation sites excluding steroid dienone is 16. The summed E-state index contributed by atoms with van der Waals surface area (Å²) in [5.41, 5.74) is 0. The molecule has 3 N–H and O–H groups in total. The topological polar surface area (TPSA) is 175 Å². The zero-order chi connectivity index (χ0) is 58.9. The monoisotopic (exact) mass is 1130 g/mol. The summed E-state index contributed by atoms with van der Waals surface area (Å²) in [5, 5.41) is 31.6. The van der Waals surface area contributed by atoms with Gasteiger partial charge in [0.1, 0.15) is 18.8 Å². The summed E-state index contributed by atoms with van der Waals surface area (Å²) in [4.78, 5) is 51.3. The average Bonchev–Trinajstić information content (AvgIpc) is 3.53. The van der Waals surface area contributed by atoms with E-state index in [9.17, 15) is 34.5 Å². The van der Waals surface area contributed by atoms with Crippen LogP contribution in [0.4, 0.5) is 0 Å². The van der Waals surface area contributed by atoms with Gasteiger partial charge in [-0.25, -0.2) is 4.79 Å². The van der Waals surface area contributed by atoms with Crippen molar-refractivity contribution in [3.05, 3.63) is 97.2 Å². The molecule has 462 valence electrons. The van der Waals surface area contributed by atoms with Crippen molar-refractivity contribution in [1.82, 2.24) is 0 Å². The highest BCUT2D eigenvalue weighted by Gasteiger charge is 2.50. The first-order chi connectivity index (χ1) is 39.6. The van der Waals surface area contributed by atoms with Crippen molar-refractivity contribution in [2.24, 2.45) is 0 Å². The number of unbranched alkanes of at least 4 members (excludes halogenated alkanes) is 24. The predicted octanol–water partition coefficient (Wildman–Crippen LogP) is 17.2. The molecule has 0 aromatic rings. The second-order valence-corrected chi connectivity index (χ2v) is 21.6. The zero-order valence-corrected chi connectivity index (χ0v) is 51.0. The van der Waals surface area contributed by atoms with Gasteiger partial charge in [0.2, 0.25) is 0 Å². The summed E-state index contributed by atoms with van der Waals surface area (Å²) in [6, 6.07) is 0. The zero-order valence-electron chi connectivity index (χ0n) is 51.0. The molecule has 0 radical (unpaired) electrons. The van der Waals surface area contributed by atoms with E-state index in [1.807, 2.05) is 12.2 Å². The number of aliphatic hydroxyl groups is 2. The minimum absolute atomic E-state index is 0.0213. The molecule has 12 nitrogen and oxygen atoms in total. The van der Waals surface area contributed by atoms with Gasteiger partial charge in [0.25, 0.3) is 0 Å². The molecular formula is C69H114O12. The number of carbonyl (C=O) groups is 4. The van der Waals surface area contributed by atoms with Gasteiger partial charge in [-0.2, -0.15) is 0 Å². The van der Waals surface area contributed by atoms with Crippen LogP contribution in [-0.2, 0) is 42.9 Å². The minimum atomic E-state index is -1.93. The maximum absolute atomic E-state index is 13.2. The molecule has 1 fully saturated rings. The number of carboxylic acid groups (broad SMARTS) is 1. The van der Waals surface area contributed by atoms with E-state index in [1.54, 1.807) is 0 Å². The Bertz CT molecular complexity index is 1780. The van der Waals surface area contributed by atoms with E-state index >= 15 is 0 Å². The largest absolute Gasteiger partial charge is 0.479 e. The molecule has 0 aliphatic carbocycles. The van der Waals surface area contributed by atoms with Gasteiger partial charge in [0.15, 0.2) is 24.6 Å². The summed E-state index contributed by atoms with van der Waals surface area (Å²) in [7, 11) is 0. The summed E-state index contributed by atoms with van der Waals surface area (Å²) >= 11 is 0. The molecule has 1 aliphatic heterocycles. The van der Waals surface area contributed by atoms with Crippen LogP contribution in [0.5, 0.6) is 0 Å². The first-order valence-corrected chi connectivity index (χ1v) is 32.2. The van der Waals surface area contributed by atoms with E-state index in [-0.39, 0.29) is 25.9 Å². The van der Waals surface area contributed by atoms with Crippen LogP contribution in [0, 0.1) is 0 Å². The van der Waals surface area contributed by atoms with E-state index in [0.717, 1.165) is 109 Å². The molecule has 1 saturated heterocycles. The van der Waals surface area contributed by atoms with E-state index in [1.165, 1.54) is 89.9 Å². The number of esters is 3. The van der Waals surface area contributed by atoms with Gasteiger partial charge in [-0.05, 0) is 89.9 Å². The van der Waals surface area contributed by atoms with Crippen LogP contribution in [0.2, 0.25) is 0 Å². The number of carboxylic acids is 1. The Balaban J connectivity index is 2.70. The summed E-state index contributed by atoms with van der Waals surface area (Å²) < 4.78 is 28.5. The first kappa shape index (κ1) is 74.7. The SMILES string of the molecule is CC/C=C\C/C=C\C/C=C\C/C=C\C/C=C\CCCC(=O)OC1C(OCC(COC(=O)CCCCCCCCC/C=C\C/C=C\C/C=C\CC)OC(=O)CCCCCCCCCCCCCCCCCCC)OC(C(=O)O)C(O)C1O. The highest BCUT2D eigenvalue weighted by Crippen LogP contribution is 2.26. The highest BCUT2D eigenvalue weighted by molar-refractivity contribution is 5.74. The van der Waals surface area contributed by atoms with Crippen molar-refractivity contribution >= 4 is 23.9 Å². The van der Waals surface area contributed by atoms with Crippen LogP contribution in [-0.4, -0.2) is 89.2 Å². The van der Waals surface area contributed by atoms with Crippen LogP contribution < -0.4 is 0 Å². The molecule has 6 atom stereocenters. The second-order valence-electron chi connectivity index (χ2n) is 21.6. The second kappa shape index (κ2) is 56.1. The van der Waals surface area contributed by atoms with Crippen molar-refractivity contribution in [1.29, 1.82) is 0 Å². The third kappa shape index (κ3) is 45.8. The molecule has 0 amide bonds. The van der Waals surface area contributed by atoms with Gasteiger partial charge in [0, 0.05) is 19.3 Å². The fraction of sp³-hybridized carbons (Fsp3) is 0.710. The Hall–Kier alpha value is -4.36. The molecule has 6 unspecified atom stereocenters. The van der Waals surface area contributed by atoms with Crippen molar-refractivity contribution < 1.29 is 58.2 Å². The van der Waals surface area contributed by atoms with Gasteiger partial charge in [-0.15, -0.1) is 0 Å². The maximum atomic E-state index is 13.2. The molecular weight excluding hydrogens is 1020 g/mol. The summed E-state index contributed by atoms with van der Waals surface area (Å²) in [5.74, 6) is -3.20. The quantitative estimate of drug-likeness (QED) is 0.0228. The number of hydrogen-bond donors (Lipinski definition) is 3. The molecule has 1 heterocycles. The van der Waals surface area contributed by atoms with E-state index < -0.39 is 67.3 Å². The molecule has 0 spiro atoms. The van der Waals surface area contributed by atoms with Gasteiger partial charge in [-0.3, -0.25) is 14.4 Å². The Morgan fingerprint density at radius 1 is 0.420 bits per heavy atom. The molecule has 81 heavy (non-hydrogen) atoms. The van der Waals surface area contributed by atoms with Crippen LogP contribution in [0.25, 0.3) is 0 Å². The maximum Gasteiger partial charge on any atom is 0.335 e. The van der Waals surface area contributed by atoms with Gasteiger partial charge >= 0.3 is 23.9 Å². The van der Waals surface area contributed by atoms with Gasteiger partial charge in [0.05, 0.1) is 6.61 Å². The van der Waals surface area contributed by atoms with E-state index in [2.05, 4.69) is 106 Å². The van der Waals surface area contributed by atoms with Crippen LogP contribution in [0.15, 0.2) is 97.2 Å². The fourth-order valence-corrected chi connectivity index (χ4v) is 9.30. The Labute approximate surface area is 492 Å². The number of aliphatic carboxylic acids is 1. The van der Waals surface area contributed by atoms with E-state index in [4.69, 9.17) is 23.7 Å². The lowest BCUT2D eigenvalue weighted by Gasteiger charge is -2.40. The highest BCUT2D eigenvalue weighted by atomic mass is 16.7. The molecule has 12 heteroatoms. The fourth-order valence-electron chi connectivity index (χ4n) is 9.30. The molecule has 0 bridgehead atoms. The predicted molar refractivity (Wildman–Crippen MR) is 331 cm³/mol. The third-order valence-corrected chi connectivity index (χ3v) is 14.2. The van der Waals surface area contributed by atoms with Crippen molar-refractivity contribution in [2.75, 3.05) is 13.2 Å². The smallest absolute Gasteiger partial charge is 0.335 e. The normalized spacial score (nSPS) is 18.4. The van der Waals surface area contributed by atoms with E-state index in [0.29, 0.717) is 25.7 Å². The lowest BCUT2D eigenvalue weighted by Crippen LogP contribution is -2.61. The first-order valence-electron chi connectivity index (χ1n) is 32.2. The number of rotatable bonds is 54. The van der Waals surface area contributed by atoms with Crippen LogP contribution in [0.3, 0.4) is 0 Å². The van der Waals surface area contributed by atoms with Crippen LogP contribution in [0.1, 0.15) is 265 Å². The van der Waals surface area contributed by atoms with Crippen molar-refractivity contribution in [2.45, 2.75) is 302 Å². The molecule has 1 rings (SSSR count). The van der Waals surface area contributed by atoms with Crippen LogP contribution >= 0.6 is 0 Å². The lowest BCUT2D eigenvalue weighted by molar-refractivity contribution is -0.301.